The van der Waals surface area contributed by atoms with Gasteiger partial charge >= 0.3 is 0 Å². The van der Waals surface area contributed by atoms with Crippen molar-refractivity contribution >= 4 is 5.91 Å². The first-order chi connectivity index (χ1) is 10.3. The van der Waals surface area contributed by atoms with Gasteiger partial charge in [-0.3, -0.25) is 4.79 Å². The molecule has 0 spiro atoms. The van der Waals surface area contributed by atoms with Crippen LogP contribution >= 0.6 is 0 Å². The molecule has 0 N–H and O–H groups in total. The topological polar surface area (TPSA) is 29.5 Å². The fraction of sp³-hybridized carbons (Fsp3) is 0.611. The van der Waals surface area contributed by atoms with Crippen molar-refractivity contribution in [2.75, 3.05) is 20.3 Å². The molecule has 0 bridgehead atoms. The van der Waals surface area contributed by atoms with E-state index in [9.17, 15) is 4.79 Å². The first kappa shape index (κ1) is 16.0. The average molecular weight is 289 g/mol. The summed E-state index contributed by atoms with van der Waals surface area (Å²) in [6.07, 6.45) is 7.25. The van der Waals surface area contributed by atoms with Crippen LogP contribution in [-0.4, -0.2) is 37.1 Å². The van der Waals surface area contributed by atoms with E-state index in [4.69, 9.17) is 4.74 Å². The van der Waals surface area contributed by atoms with Crippen LogP contribution in [0, 0.1) is 0 Å². The van der Waals surface area contributed by atoms with Gasteiger partial charge in [0.05, 0.1) is 0 Å². The maximum atomic E-state index is 12.5. The van der Waals surface area contributed by atoms with Gasteiger partial charge in [-0.05, 0) is 31.2 Å². The Hall–Kier alpha value is -1.35. The predicted octanol–water partition coefficient (Wildman–Crippen LogP) is 3.43. The molecule has 3 nitrogen and oxygen atoms in total. The summed E-state index contributed by atoms with van der Waals surface area (Å²) in [7, 11) is 1.69. The highest BCUT2D eigenvalue weighted by Crippen LogP contribution is 2.24. The van der Waals surface area contributed by atoms with Crippen LogP contribution in [0.15, 0.2) is 30.3 Å². The van der Waals surface area contributed by atoms with Gasteiger partial charge in [0.1, 0.15) is 0 Å². The number of carbonyl (C=O) groups is 1. The molecule has 2 rings (SSSR count). The van der Waals surface area contributed by atoms with Gasteiger partial charge in [-0.25, -0.2) is 0 Å². The molecule has 3 heteroatoms. The molecule has 1 aromatic carbocycles. The fourth-order valence-electron chi connectivity index (χ4n) is 3.13. The van der Waals surface area contributed by atoms with Crippen LogP contribution < -0.4 is 0 Å². The van der Waals surface area contributed by atoms with Crippen molar-refractivity contribution in [3.63, 3.8) is 0 Å². The molecule has 0 radical (unpaired) electrons. The minimum atomic E-state index is 0.301. The van der Waals surface area contributed by atoms with Gasteiger partial charge < -0.3 is 9.64 Å². The second-order valence-corrected chi connectivity index (χ2v) is 5.86. The van der Waals surface area contributed by atoms with Gasteiger partial charge in [-0.2, -0.15) is 0 Å². The van der Waals surface area contributed by atoms with Gasteiger partial charge in [0.2, 0.25) is 5.91 Å². The highest BCUT2D eigenvalue weighted by molar-refractivity contribution is 5.76. The second kappa shape index (κ2) is 8.83. The van der Waals surface area contributed by atoms with Crippen molar-refractivity contribution in [1.82, 2.24) is 4.90 Å². The van der Waals surface area contributed by atoms with Gasteiger partial charge in [0, 0.05) is 32.7 Å². The van der Waals surface area contributed by atoms with Gasteiger partial charge in [0.15, 0.2) is 0 Å². The number of benzene rings is 1. The maximum Gasteiger partial charge on any atom is 0.222 e. The number of carbonyl (C=O) groups excluding carboxylic acids is 1. The number of rotatable bonds is 8. The summed E-state index contributed by atoms with van der Waals surface area (Å²) in [5, 5.41) is 0. The number of amides is 1. The Morgan fingerprint density at radius 2 is 1.95 bits per heavy atom. The van der Waals surface area contributed by atoms with Gasteiger partial charge in [-0.15, -0.1) is 0 Å². The van der Waals surface area contributed by atoms with Crippen molar-refractivity contribution in [3.05, 3.63) is 35.9 Å². The summed E-state index contributed by atoms with van der Waals surface area (Å²) in [6.45, 7) is 1.52. The van der Waals surface area contributed by atoms with Crippen LogP contribution in [-0.2, 0) is 16.0 Å². The molecule has 1 fully saturated rings. The summed E-state index contributed by atoms with van der Waals surface area (Å²) >= 11 is 0. The molecule has 1 aliphatic rings. The van der Waals surface area contributed by atoms with Gasteiger partial charge in [0.25, 0.3) is 0 Å². The highest BCUT2D eigenvalue weighted by atomic mass is 16.5. The molecule has 1 saturated carbocycles. The van der Waals surface area contributed by atoms with Crippen LogP contribution in [0.25, 0.3) is 0 Å². The zero-order chi connectivity index (χ0) is 14.9. The summed E-state index contributed by atoms with van der Waals surface area (Å²) in [5.74, 6) is 0.301. The fourth-order valence-corrected chi connectivity index (χ4v) is 3.13. The molecule has 0 unspecified atom stereocenters. The predicted molar refractivity (Wildman–Crippen MR) is 85.2 cm³/mol. The van der Waals surface area contributed by atoms with E-state index in [1.54, 1.807) is 7.11 Å². The Bertz CT molecular complexity index is 412. The molecule has 1 amide bonds. The van der Waals surface area contributed by atoms with E-state index in [0.29, 0.717) is 25.0 Å². The molecule has 1 aromatic rings. The number of methoxy groups -OCH3 is 1. The van der Waals surface area contributed by atoms with Crippen molar-refractivity contribution in [2.24, 2.45) is 0 Å². The zero-order valence-electron chi connectivity index (χ0n) is 13.1. The van der Waals surface area contributed by atoms with Crippen LogP contribution in [0.3, 0.4) is 0 Å². The maximum absolute atomic E-state index is 12.5. The normalized spacial score (nSPS) is 15.3. The van der Waals surface area contributed by atoms with Crippen molar-refractivity contribution in [2.45, 2.75) is 51.0 Å². The third-order valence-corrected chi connectivity index (χ3v) is 4.31. The van der Waals surface area contributed by atoms with Crippen LogP contribution in [0.1, 0.15) is 44.1 Å². The molecular formula is C18H27NO2. The molecule has 0 heterocycles. The van der Waals surface area contributed by atoms with E-state index < -0.39 is 0 Å². The zero-order valence-corrected chi connectivity index (χ0v) is 13.1. The molecular weight excluding hydrogens is 262 g/mol. The number of hydrogen-bond donors (Lipinski definition) is 0. The number of ether oxygens (including phenoxy) is 1. The van der Waals surface area contributed by atoms with E-state index in [2.05, 4.69) is 29.2 Å². The molecule has 1 aliphatic carbocycles. The number of nitrogens with zero attached hydrogens (tertiary/aromatic N) is 1. The molecule has 0 saturated heterocycles. The average Bonchev–Trinajstić information content (AvgIpc) is 3.03. The van der Waals surface area contributed by atoms with Crippen molar-refractivity contribution < 1.29 is 9.53 Å². The van der Waals surface area contributed by atoms with Gasteiger partial charge in [-0.1, -0.05) is 43.2 Å². The smallest absolute Gasteiger partial charge is 0.222 e. The lowest BCUT2D eigenvalue weighted by molar-refractivity contribution is -0.133. The Kier molecular flexibility index (Phi) is 6.74. The summed E-state index contributed by atoms with van der Waals surface area (Å²) in [6, 6.07) is 10.9. The summed E-state index contributed by atoms with van der Waals surface area (Å²) in [5.41, 5.74) is 1.31. The second-order valence-electron chi connectivity index (χ2n) is 5.86. The Labute approximate surface area is 128 Å². The van der Waals surface area contributed by atoms with E-state index in [1.165, 1.54) is 31.2 Å². The third kappa shape index (κ3) is 5.16. The third-order valence-electron chi connectivity index (χ3n) is 4.31. The Balaban J connectivity index is 1.90. The lowest BCUT2D eigenvalue weighted by atomic mass is 10.1. The summed E-state index contributed by atoms with van der Waals surface area (Å²) < 4.78 is 5.06. The van der Waals surface area contributed by atoms with Crippen LogP contribution in [0.5, 0.6) is 0 Å². The van der Waals surface area contributed by atoms with Crippen LogP contribution in [0.4, 0.5) is 0 Å². The standard InChI is InChI=1S/C18H27NO2/c1-21-15-7-12-18(20)19(17-10-5-6-11-17)14-13-16-8-3-2-4-9-16/h2-4,8-9,17H,5-7,10-15H2,1H3. The van der Waals surface area contributed by atoms with E-state index in [0.717, 1.165) is 19.4 Å². The first-order valence-corrected chi connectivity index (χ1v) is 8.13. The highest BCUT2D eigenvalue weighted by Gasteiger charge is 2.25. The Morgan fingerprint density at radius 1 is 1.24 bits per heavy atom. The number of hydrogen-bond acceptors (Lipinski definition) is 2. The van der Waals surface area contributed by atoms with Crippen molar-refractivity contribution in [1.29, 1.82) is 0 Å². The summed E-state index contributed by atoms with van der Waals surface area (Å²) in [4.78, 5) is 14.6. The molecule has 0 aromatic heterocycles. The molecule has 0 atom stereocenters. The van der Waals surface area contributed by atoms with Crippen molar-refractivity contribution in [3.8, 4) is 0 Å². The molecule has 21 heavy (non-hydrogen) atoms. The van der Waals surface area contributed by atoms with E-state index in [-0.39, 0.29) is 0 Å². The van der Waals surface area contributed by atoms with E-state index in [1.807, 2.05) is 6.07 Å². The SMILES string of the molecule is COCCCC(=O)N(CCc1ccccc1)C1CCCC1. The molecule has 116 valence electrons. The van der Waals surface area contributed by atoms with Crippen LogP contribution in [0.2, 0.25) is 0 Å². The monoisotopic (exact) mass is 289 g/mol. The minimum Gasteiger partial charge on any atom is -0.385 e. The minimum absolute atomic E-state index is 0.301. The van der Waals surface area contributed by atoms with E-state index >= 15 is 0 Å². The lowest BCUT2D eigenvalue weighted by Crippen LogP contribution is -2.40. The first-order valence-electron chi connectivity index (χ1n) is 8.13. The Morgan fingerprint density at radius 3 is 2.62 bits per heavy atom. The lowest BCUT2D eigenvalue weighted by Gasteiger charge is -2.29. The quantitative estimate of drug-likeness (QED) is 0.686. The molecule has 0 aliphatic heterocycles. The largest absolute Gasteiger partial charge is 0.385 e.